The lowest BCUT2D eigenvalue weighted by Gasteiger charge is -2.08. The minimum Gasteiger partial charge on any atom is -0.459 e. The second-order valence-electron chi connectivity index (χ2n) is 5.53. The summed E-state index contributed by atoms with van der Waals surface area (Å²) in [7, 11) is 0. The number of carbonyl (C=O) groups is 1. The Labute approximate surface area is 163 Å². The molecule has 27 heavy (non-hydrogen) atoms. The monoisotopic (exact) mass is 399 g/mol. The third-order valence-corrected chi connectivity index (χ3v) is 4.54. The summed E-state index contributed by atoms with van der Waals surface area (Å²) in [4.78, 5) is 12.5. The zero-order chi connectivity index (χ0) is 18.8. The average molecular weight is 400 g/mol. The van der Waals surface area contributed by atoms with E-state index in [2.05, 4.69) is 15.5 Å². The third-order valence-electron chi connectivity index (χ3n) is 3.72. The molecule has 0 radical (unpaired) electrons. The highest BCUT2D eigenvalue weighted by Crippen LogP contribution is 2.28. The molecule has 0 unspecified atom stereocenters. The number of rotatable bonds is 4. The van der Waals surface area contributed by atoms with Crippen molar-refractivity contribution in [2.45, 2.75) is 0 Å². The molecule has 4 rings (SSSR count). The van der Waals surface area contributed by atoms with Gasteiger partial charge in [0.2, 0.25) is 5.89 Å². The molecule has 134 valence electrons. The molecule has 2 aromatic heterocycles. The van der Waals surface area contributed by atoms with Crippen LogP contribution in [-0.4, -0.2) is 16.1 Å². The molecule has 2 heterocycles. The van der Waals surface area contributed by atoms with E-state index in [1.54, 1.807) is 54.6 Å². The number of benzene rings is 2. The number of amides is 1. The lowest BCUT2D eigenvalue weighted by Crippen LogP contribution is -2.12. The van der Waals surface area contributed by atoms with Gasteiger partial charge >= 0.3 is 0 Å². The molecule has 6 nitrogen and oxygen atoms in total. The first-order valence-electron chi connectivity index (χ1n) is 7.85. The number of nitrogens with one attached hydrogen (secondary N) is 1. The Morgan fingerprint density at radius 2 is 1.78 bits per heavy atom. The Morgan fingerprint density at radius 1 is 0.963 bits per heavy atom. The molecule has 0 saturated carbocycles. The van der Waals surface area contributed by atoms with Gasteiger partial charge in [-0.2, -0.15) is 0 Å². The second kappa shape index (κ2) is 7.26. The Morgan fingerprint density at radius 3 is 2.59 bits per heavy atom. The van der Waals surface area contributed by atoms with Gasteiger partial charge in [-0.15, -0.1) is 10.2 Å². The zero-order valence-electron chi connectivity index (χ0n) is 13.6. The SMILES string of the molecule is O=C(Nc1cccc(-c2nnc(-c3ccco3)o2)c1)c1cccc(Cl)c1Cl. The number of carbonyl (C=O) groups excluding carboxylic acids is 1. The zero-order valence-corrected chi connectivity index (χ0v) is 15.2. The summed E-state index contributed by atoms with van der Waals surface area (Å²) in [5, 5.41) is 11.3. The minimum atomic E-state index is -0.374. The van der Waals surface area contributed by atoms with Crippen LogP contribution in [0.15, 0.2) is 69.7 Å². The van der Waals surface area contributed by atoms with Gasteiger partial charge in [-0.3, -0.25) is 4.79 Å². The molecule has 0 spiro atoms. The quantitative estimate of drug-likeness (QED) is 0.485. The maximum Gasteiger partial charge on any atom is 0.283 e. The highest BCUT2D eigenvalue weighted by atomic mass is 35.5. The highest BCUT2D eigenvalue weighted by molar-refractivity contribution is 6.44. The smallest absolute Gasteiger partial charge is 0.283 e. The summed E-state index contributed by atoms with van der Waals surface area (Å²) in [6, 6.07) is 15.4. The lowest BCUT2D eigenvalue weighted by molar-refractivity contribution is 0.102. The summed E-state index contributed by atoms with van der Waals surface area (Å²) < 4.78 is 10.9. The maximum atomic E-state index is 12.5. The van der Waals surface area contributed by atoms with Gasteiger partial charge in [0.25, 0.3) is 11.8 Å². The number of anilines is 1. The van der Waals surface area contributed by atoms with E-state index in [-0.39, 0.29) is 22.4 Å². The van der Waals surface area contributed by atoms with Crippen molar-refractivity contribution < 1.29 is 13.6 Å². The average Bonchev–Trinajstić information content (AvgIpc) is 3.35. The van der Waals surface area contributed by atoms with E-state index in [1.807, 2.05) is 0 Å². The fourth-order valence-corrected chi connectivity index (χ4v) is 2.83. The summed E-state index contributed by atoms with van der Waals surface area (Å²) >= 11 is 12.1. The van der Waals surface area contributed by atoms with Gasteiger partial charge in [0.05, 0.1) is 21.9 Å². The number of hydrogen-bond acceptors (Lipinski definition) is 5. The first kappa shape index (κ1) is 17.3. The predicted molar refractivity (Wildman–Crippen MR) is 102 cm³/mol. The van der Waals surface area contributed by atoms with Crippen LogP contribution < -0.4 is 5.32 Å². The molecule has 1 amide bonds. The molecule has 0 aliphatic heterocycles. The van der Waals surface area contributed by atoms with Crippen LogP contribution in [0.1, 0.15) is 10.4 Å². The molecule has 0 aliphatic rings. The minimum absolute atomic E-state index is 0.202. The fraction of sp³-hybridized carbons (Fsp3) is 0. The van der Waals surface area contributed by atoms with E-state index < -0.39 is 0 Å². The summed E-state index contributed by atoms with van der Waals surface area (Å²) in [5.74, 6) is 0.684. The first-order valence-corrected chi connectivity index (χ1v) is 8.60. The summed E-state index contributed by atoms with van der Waals surface area (Å²) in [6.07, 6.45) is 1.52. The molecular formula is C19H11Cl2N3O3. The van der Waals surface area contributed by atoms with Crippen LogP contribution in [0, 0.1) is 0 Å². The number of furan rings is 1. The molecule has 1 N–H and O–H groups in total. The summed E-state index contributed by atoms with van der Waals surface area (Å²) in [5.41, 5.74) is 1.48. The summed E-state index contributed by atoms with van der Waals surface area (Å²) in [6.45, 7) is 0. The molecule has 2 aromatic carbocycles. The number of nitrogens with zero attached hydrogens (tertiary/aromatic N) is 2. The van der Waals surface area contributed by atoms with E-state index in [1.165, 1.54) is 6.26 Å². The van der Waals surface area contributed by atoms with E-state index >= 15 is 0 Å². The highest BCUT2D eigenvalue weighted by Gasteiger charge is 2.15. The maximum absolute atomic E-state index is 12.5. The molecule has 0 fully saturated rings. The number of aromatic nitrogens is 2. The Kier molecular flexibility index (Phi) is 4.66. The van der Waals surface area contributed by atoms with Gasteiger partial charge in [0.15, 0.2) is 5.76 Å². The van der Waals surface area contributed by atoms with E-state index in [0.29, 0.717) is 27.9 Å². The van der Waals surface area contributed by atoms with Crippen molar-refractivity contribution >= 4 is 34.8 Å². The molecular weight excluding hydrogens is 389 g/mol. The van der Waals surface area contributed by atoms with Crippen molar-refractivity contribution in [1.29, 1.82) is 0 Å². The van der Waals surface area contributed by atoms with Gasteiger partial charge < -0.3 is 14.2 Å². The van der Waals surface area contributed by atoms with Crippen molar-refractivity contribution in [2.24, 2.45) is 0 Å². The standard InChI is InChI=1S/C19H11Cl2N3O3/c20-14-7-2-6-13(16(14)21)17(25)22-12-5-1-4-11(10-12)18-23-24-19(27-18)15-8-3-9-26-15/h1-10H,(H,22,25). The fourth-order valence-electron chi connectivity index (χ4n) is 2.45. The van der Waals surface area contributed by atoms with Crippen LogP contribution in [0.5, 0.6) is 0 Å². The molecule has 0 atom stereocenters. The molecule has 8 heteroatoms. The van der Waals surface area contributed by atoms with Gasteiger partial charge in [-0.25, -0.2) is 0 Å². The number of halogens is 2. The van der Waals surface area contributed by atoms with Crippen LogP contribution in [0.25, 0.3) is 23.1 Å². The van der Waals surface area contributed by atoms with E-state index in [4.69, 9.17) is 32.0 Å². The van der Waals surface area contributed by atoms with Crippen molar-refractivity contribution in [3.05, 3.63) is 76.5 Å². The topological polar surface area (TPSA) is 81.2 Å². The van der Waals surface area contributed by atoms with Crippen LogP contribution in [0.2, 0.25) is 10.0 Å². The Balaban J connectivity index is 1.58. The van der Waals surface area contributed by atoms with Crippen LogP contribution in [0.3, 0.4) is 0 Å². The lowest BCUT2D eigenvalue weighted by atomic mass is 10.1. The van der Waals surface area contributed by atoms with Gasteiger partial charge in [0.1, 0.15) is 0 Å². The predicted octanol–water partition coefficient (Wildman–Crippen LogP) is 5.56. The molecule has 0 saturated heterocycles. The van der Waals surface area contributed by atoms with Crippen molar-refractivity contribution in [3.63, 3.8) is 0 Å². The second-order valence-corrected chi connectivity index (χ2v) is 6.31. The van der Waals surface area contributed by atoms with Gasteiger partial charge in [0, 0.05) is 11.3 Å². The van der Waals surface area contributed by atoms with Crippen LogP contribution >= 0.6 is 23.2 Å². The van der Waals surface area contributed by atoms with Crippen molar-refractivity contribution in [3.8, 4) is 23.1 Å². The third kappa shape index (κ3) is 3.58. The largest absolute Gasteiger partial charge is 0.459 e. The Bertz CT molecular complexity index is 1110. The van der Waals surface area contributed by atoms with E-state index in [0.717, 1.165) is 0 Å². The van der Waals surface area contributed by atoms with Gasteiger partial charge in [-0.1, -0.05) is 35.3 Å². The molecule has 4 aromatic rings. The number of hydrogen-bond donors (Lipinski definition) is 1. The Hall–Kier alpha value is -3.09. The molecule has 0 bridgehead atoms. The first-order chi connectivity index (χ1) is 13.1. The molecule has 0 aliphatic carbocycles. The van der Waals surface area contributed by atoms with E-state index in [9.17, 15) is 4.79 Å². The van der Waals surface area contributed by atoms with Crippen molar-refractivity contribution in [1.82, 2.24) is 10.2 Å². The normalized spacial score (nSPS) is 10.7. The van der Waals surface area contributed by atoms with Crippen LogP contribution in [-0.2, 0) is 0 Å². The van der Waals surface area contributed by atoms with Crippen molar-refractivity contribution in [2.75, 3.05) is 5.32 Å². The van der Waals surface area contributed by atoms with Crippen LogP contribution in [0.4, 0.5) is 5.69 Å². The van der Waals surface area contributed by atoms with Gasteiger partial charge in [-0.05, 0) is 42.5 Å².